The molecule has 11 heteroatoms. The summed E-state index contributed by atoms with van der Waals surface area (Å²) >= 11 is 5.91. The van der Waals surface area contributed by atoms with E-state index in [4.69, 9.17) is 11.6 Å². The van der Waals surface area contributed by atoms with Crippen molar-refractivity contribution in [3.63, 3.8) is 0 Å². The molecule has 2 heterocycles. The van der Waals surface area contributed by atoms with Crippen molar-refractivity contribution in [3.8, 4) is 17.5 Å². The van der Waals surface area contributed by atoms with Gasteiger partial charge in [0.2, 0.25) is 5.91 Å². The summed E-state index contributed by atoms with van der Waals surface area (Å²) in [7, 11) is 0. The van der Waals surface area contributed by atoms with E-state index in [1.807, 2.05) is 6.07 Å². The molecule has 0 saturated heterocycles. The molecule has 0 radical (unpaired) electrons. The van der Waals surface area contributed by atoms with E-state index < -0.39 is 5.91 Å². The highest BCUT2D eigenvalue weighted by atomic mass is 35.5. The average Bonchev–Trinajstić information content (AvgIpc) is 3.57. The SMILES string of the molecule is N#Cc1ccc(NC(=O)c2cc3cccc(NC(=O)Cc4ccc(Cl)cc4)c3[nH]2)c(-c2nnn[nH]2)c1. The molecular formula is C25H17ClN8O2. The van der Waals surface area contributed by atoms with Gasteiger partial charge in [-0.05, 0) is 58.5 Å². The third-order valence-electron chi connectivity index (χ3n) is 5.45. The maximum absolute atomic E-state index is 13.1. The standard InChI is InChI=1S/C25H17ClN8O2/c26-17-7-4-14(5-8-17)11-22(35)28-20-3-1-2-16-12-21(29-23(16)20)25(36)30-19-9-6-15(13-27)10-18(19)24-31-33-34-32-24/h1-10,12,29H,11H2,(H,28,35)(H,30,36)(H,31,32,33,34). The zero-order chi connectivity index (χ0) is 25.1. The summed E-state index contributed by atoms with van der Waals surface area (Å²) in [5.74, 6) is -0.305. The molecule has 3 aromatic carbocycles. The highest BCUT2D eigenvalue weighted by molar-refractivity contribution is 6.30. The summed E-state index contributed by atoms with van der Waals surface area (Å²) in [4.78, 5) is 28.8. The molecule has 0 saturated carbocycles. The van der Waals surface area contributed by atoms with Crippen LogP contribution < -0.4 is 10.6 Å². The zero-order valence-electron chi connectivity index (χ0n) is 18.5. The van der Waals surface area contributed by atoms with E-state index in [1.165, 1.54) is 0 Å². The van der Waals surface area contributed by atoms with Gasteiger partial charge in [0, 0.05) is 16.0 Å². The molecule has 5 aromatic rings. The third kappa shape index (κ3) is 4.77. The first kappa shape index (κ1) is 22.8. The number of amides is 2. The Kier molecular flexibility index (Phi) is 6.13. The van der Waals surface area contributed by atoms with Crippen LogP contribution in [0.15, 0.2) is 66.7 Å². The molecule has 0 spiro atoms. The maximum atomic E-state index is 13.1. The Bertz CT molecular complexity index is 1620. The highest BCUT2D eigenvalue weighted by Gasteiger charge is 2.17. The maximum Gasteiger partial charge on any atom is 0.272 e. The molecule has 36 heavy (non-hydrogen) atoms. The Labute approximate surface area is 209 Å². The van der Waals surface area contributed by atoms with Crippen molar-refractivity contribution in [1.82, 2.24) is 25.6 Å². The number of nitrogens with zero attached hydrogens (tertiary/aromatic N) is 4. The number of tetrazole rings is 1. The second kappa shape index (κ2) is 9.69. The molecular weight excluding hydrogens is 480 g/mol. The molecule has 2 amide bonds. The molecule has 176 valence electrons. The zero-order valence-corrected chi connectivity index (χ0v) is 19.3. The fraction of sp³-hybridized carbons (Fsp3) is 0.0400. The second-order valence-corrected chi connectivity index (χ2v) is 8.32. The quantitative estimate of drug-likeness (QED) is 0.275. The van der Waals surface area contributed by atoms with E-state index in [9.17, 15) is 14.9 Å². The highest BCUT2D eigenvalue weighted by Crippen LogP contribution is 2.28. The molecule has 0 fully saturated rings. The number of rotatable bonds is 6. The van der Waals surface area contributed by atoms with Gasteiger partial charge in [0.25, 0.3) is 5.91 Å². The lowest BCUT2D eigenvalue weighted by Crippen LogP contribution is -2.15. The molecule has 0 aliphatic rings. The number of nitrogens with one attached hydrogen (secondary N) is 4. The molecule has 10 nitrogen and oxygen atoms in total. The lowest BCUT2D eigenvalue weighted by Gasteiger charge is -2.09. The summed E-state index contributed by atoms with van der Waals surface area (Å²) in [5.41, 5.74) is 3.57. The van der Waals surface area contributed by atoms with Gasteiger partial charge in [0.15, 0.2) is 5.82 Å². The minimum Gasteiger partial charge on any atom is -0.349 e. The lowest BCUT2D eigenvalue weighted by atomic mass is 10.1. The molecule has 4 N–H and O–H groups in total. The minimum absolute atomic E-state index is 0.180. The minimum atomic E-state index is -0.414. The van der Waals surface area contributed by atoms with E-state index in [-0.39, 0.29) is 18.0 Å². The predicted molar refractivity (Wildman–Crippen MR) is 134 cm³/mol. The fourth-order valence-electron chi connectivity index (χ4n) is 3.75. The number of benzene rings is 3. The predicted octanol–water partition coefficient (Wildman–Crippen LogP) is 4.31. The number of hydrogen-bond donors (Lipinski definition) is 4. The molecule has 0 unspecified atom stereocenters. The number of carbonyl (C=O) groups is 2. The Morgan fingerprint density at radius 1 is 1.00 bits per heavy atom. The van der Waals surface area contributed by atoms with Crippen molar-refractivity contribution in [2.75, 3.05) is 10.6 Å². The van der Waals surface area contributed by atoms with Crippen LogP contribution in [-0.4, -0.2) is 37.4 Å². The van der Waals surface area contributed by atoms with Gasteiger partial charge >= 0.3 is 0 Å². The first-order valence-electron chi connectivity index (χ1n) is 10.8. The summed E-state index contributed by atoms with van der Waals surface area (Å²) in [5, 5.41) is 30.0. The third-order valence-corrected chi connectivity index (χ3v) is 5.70. The number of anilines is 2. The Morgan fingerprint density at radius 3 is 2.58 bits per heavy atom. The van der Waals surface area contributed by atoms with Crippen LogP contribution >= 0.6 is 11.6 Å². The van der Waals surface area contributed by atoms with Crippen molar-refractivity contribution in [3.05, 3.63) is 88.6 Å². The van der Waals surface area contributed by atoms with Crippen LogP contribution in [0.1, 0.15) is 21.6 Å². The Morgan fingerprint density at radius 2 is 1.83 bits per heavy atom. The number of fused-ring (bicyclic) bond motifs is 1. The number of aromatic nitrogens is 5. The van der Waals surface area contributed by atoms with Crippen LogP contribution in [0.4, 0.5) is 11.4 Å². The van der Waals surface area contributed by atoms with Crippen molar-refractivity contribution in [2.24, 2.45) is 0 Å². The first-order chi connectivity index (χ1) is 17.5. The molecule has 0 bridgehead atoms. The van der Waals surface area contributed by atoms with E-state index in [0.29, 0.717) is 38.9 Å². The van der Waals surface area contributed by atoms with Gasteiger partial charge in [-0.1, -0.05) is 35.9 Å². The largest absolute Gasteiger partial charge is 0.349 e. The van der Waals surface area contributed by atoms with E-state index in [2.05, 4.69) is 42.3 Å². The molecule has 2 aromatic heterocycles. The van der Waals surface area contributed by atoms with Crippen LogP contribution in [0.2, 0.25) is 5.02 Å². The molecule has 0 aliphatic carbocycles. The number of nitriles is 1. The Hall–Kier alpha value is -5.01. The molecule has 0 aliphatic heterocycles. The van der Waals surface area contributed by atoms with Crippen LogP contribution in [0.5, 0.6) is 0 Å². The first-order valence-corrected chi connectivity index (χ1v) is 11.1. The van der Waals surface area contributed by atoms with E-state index in [1.54, 1.807) is 60.7 Å². The average molecular weight is 497 g/mol. The molecule has 0 atom stereocenters. The number of H-pyrrole nitrogens is 2. The van der Waals surface area contributed by atoms with Crippen LogP contribution in [0, 0.1) is 11.3 Å². The van der Waals surface area contributed by atoms with Crippen molar-refractivity contribution in [1.29, 1.82) is 5.26 Å². The van der Waals surface area contributed by atoms with Gasteiger partial charge < -0.3 is 15.6 Å². The summed E-state index contributed by atoms with van der Waals surface area (Å²) in [6.45, 7) is 0. The number of halogens is 1. The number of aromatic amines is 2. The number of carbonyl (C=O) groups excluding carboxylic acids is 2. The van der Waals surface area contributed by atoms with Crippen LogP contribution in [0.3, 0.4) is 0 Å². The summed E-state index contributed by atoms with van der Waals surface area (Å²) in [6, 6.07) is 21.0. The molecule has 5 rings (SSSR count). The van der Waals surface area contributed by atoms with Crippen LogP contribution in [0.25, 0.3) is 22.3 Å². The van der Waals surface area contributed by atoms with Crippen molar-refractivity contribution < 1.29 is 9.59 Å². The van der Waals surface area contributed by atoms with Gasteiger partial charge in [-0.15, -0.1) is 5.10 Å². The monoisotopic (exact) mass is 496 g/mol. The van der Waals surface area contributed by atoms with Gasteiger partial charge in [0.1, 0.15) is 5.69 Å². The van der Waals surface area contributed by atoms with E-state index >= 15 is 0 Å². The lowest BCUT2D eigenvalue weighted by molar-refractivity contribution is -0.115. The fourth-order valence-corrected chi connectivity index (χ4v) is 3.87. The number of para-hydroxylation sites is 1. The van der Waals surface area contributed by atoms with E-state index in [0.717, 1.165) is 10.9 Å². The smallest absolute Gasteiger partial charge is 0.272 e. The number of hydrogen-bond acceptors (Lipinski definition) is 6. The second-order valence-electron chi connectivity index (χ2n) is 7.88. The van der Waals surface area contributed by atoms with Gasteiger partial charge in [0.05, 0.1) is 34.9 Å². The van der Waals surface area contributed by atoms with Gasteiger partial charge in [-0.25, -0.2) is 5.10 Å². The van der Waals surface area contributed by atoms with Gasteiger partial charge in [-0.2, -0.15) is 5.26 Å². The van der Waals surface area contributed by atoms with Crippen molar-refractivity contribution in [2.45, 2.75) is 6.42 Å². The topological polar surface area (TPSA) is 152 Å². The van der Waals surface area contributed by atoms with Crippen molar-refractivity contribution >= 4 is 45.7 Å². The van der Waals surface area contributed by atoms with Crippen LogP contribution in [-0.2, 0) is 11.2 Å². The summed E-state index contributed by atoms with van der Waals surface area (Å²) in [6.07, 6.45) is 0.180. The normalized spacial score (nSPS) is 10.7. The van der Waals surface area contributed by atoms with Gasteiger partial charge in [-0.3, -0.25) is 9.59 Å². The Balaban J connectivity index is 1.38. The summed E-state index contributed by atoms with van der Waals surface area (Å²) < 4.78 is 0.